The molecule has 2 amide bonds. The summed E-state index contributed by atoms with van der Waals surface area (Å²) in [5.41, 5.74) is 9.05. The first-order valence-electron chi connectivity index (χ1n) is 11.4. The van der Waals surface area contributed by atoms with Gasteiger partial charge in [0.15, 0.2) is 29.8 Å². The Bertz CT molecular complexity index is 1310. The van der Waals surface area contributed by atoms with Crippen molar-refractivity contribution in [3.05, 3.63) is 51.9 Å². The number of aryl methyl sites for hydroxylation is 2. The van der Waals surface area contributed by atoms with E-state index >= 15 is 0 Å². The molecule has 0 unspecified atom stereocenters. The summed E-state index contributed by atoms with van der Waals surface area (Å²) >= 11 is 2.56. The second kappa shape index (κ2) is 9.90. The summed E-state index contributed by atoms with van der Waals surface area (Å²) in [6.45, 7) is 0.380. The zero-order valence-electron chi connectivity index (χ0n) is 19.5. The van der Waals surface area contributed by atoms with Crippen LogP contribution in [0.2, 0.25) is 0 Å². The molecule has 2 aromatic rings. The topological polar surface area (TPSA) is 151 Å². The molecule has 0 bridgehead atoms. The fourth-order valence-corrected chi connectivity index (χ4v) is 6.63. The van der Waals surface area contributed by atoms with Gasteiger partial charge in [-0.15, -0.1) is 23.1 Å². The Hall–Kier alpha value is -3.45. The van der Waals surface area contributed by atoms with Crippen molar-refractivity contribution in [1.29, 1.82) is 0 Å². The molecule has 188 valence electrons. The smallest absolute Gasteiger partial charge is 0.352 e. The maximum Gasteiger partial charge on any atom is 0.352 e. The molecule has 13 heteroatoms. The molecule has 2 aromatic heterocycles. The molecule has 2 atom stereocenters. The maximum atomic E-state index is 13.0. The molecular weight excluding hydrogens is 504 g/mol. The molecule has 11 nitrogen and oxygen atoms in total. The Morgan fingerprint density at radius 3 is 2.83 bits per heavy atom. The minimum Gasteiger partial charge on any atom is -0.477 e. The molecular formula is C23H25N6O5S2+. The van der Waals surface area contributed by atoms with Gasteiger partial charge >= 0.3 is 5.97 Å². The molecule has 1 saturated heterocycles. The highest BCUT2D eigenvalue weighted by molar-refractivity contribution is 8.00. The van der Waals surface area contributed by atoms with Crippen LogP contribution >= 0.6 is 23.1 Å². The molecule has 4 heterocycles. The third-order valence-corrected chi connectivity index (χ3v) is 8.43. The zero-order chi connectivity index (χ0) is 25.4. The third-order valence-electron chi connectivity index (χ3n) is 6.42. The number of aliphatic carboxylic acids is 1. The van der Waals surface area contributed by atoms with E-state index in [0.29, 0.717) is 17.9 Å². The number of nitrogens with zero attached hydrogens (tertiary/aromatic N) is 4. The van der Waals surface area contributed by atoms with Crippen LogP contribution in [0, 0.1) is 0 Å². The SMILES string of the molecule is CO/N=C(\C(=O)N[C@@H]1C(=O)N2C(C(=O)O)=C(C[n+]3ccc4c(c3)CCCC4)CS[C@H]12)c1csc(N)n1. The summed E-state index contributed by atoms with van der Waals surface area (Å²) in [5.74, 6) is -1.88. The number of carboxylic acids is 1. The van der Waals surface area contributed by atoms with E-state index in [-0.39, 0.29) is 22.2 Å². The molecule has 1 fully saturated rings. The number of fused-ring (bicyclic) bond motifs is 2. The van der Waals surface area contributed by atoms with E-state index in [9.17, 15) is 19.5 Å². The molecule has 0 saturated carbocycles. The van der Waals surface area contributed by atoms with Crippen LogP contribution in [-0.4, -0.2) is 62.8 Å². The van der Waals surface area contributed by atoms with E-state index in [1.54, 1.807) is 5.38 Å². The summed E-state index contributed by atoms with van der Waals surface area (Å²) < 4.78 is 1.99. The van der Waals surface area contributed by atoms with Gasteiger partial charge in [-0.3, -0.25) is 14.5 Å². The van der Waals surface area contributed by atoms with E-state index in [2.05, 4.69) is 27.7 Å². The quantitative estimate of drug-likeness (QED) is 0.205. The lowest BCUT2D eigenvalue weighted by Crippen LogP contribution is -2.71. The van der Waals surface area contributed by atoms with E-state index < -0.39 is 29.2 Å². The van der Waals surface area contributed by atoms with Gasteiger partial charge in [0.25, 0.3) is 11.8 Å². The van der Waals surface area contributed by atoms with Crippen LogP contribution in [0.3, 0.4) is 0 Å². The summed E-state index contributed by atoms with van der Waals surface area (Å²) in [7, 11) is 1.29. The number of amides is 2. The number of aromatic nitrogens is 2. The number of rotatable bonds is 7. The van der Waals surface area contributed by atoms with Gasteiger partial charge in [-0.1, -0.05) is 5.16 Å². The van der Waals surface area contributed by atoms with Crippen molar-refractivity contribution in [3.8, 4) is 0 Å². The lowest BCUT2D eigenvalue weighted by atomic mass is 9.93. The summed E-state index contributed by atoms with van der Waals surface area (Å²) in [6.07, 6.45) is 8.48. The van der Waals surface area contributed by atoms with Crippen LogP contribution in [0.5, 0.6) is 0 Å². The minimum absolute atomic E-state index is 0.0162. The van der Waals surface area contributed by atoms with Crippen molar-refractivity contribution in [2.45, 2.75) is 43.6 Å². The van der Waals surface area contributed by atoms with Crippen molar-refractivity contribution >= 4 is 51.7 Å². The number of anilines is 1. The predicted octanol–water partition coefficient (Wildman–Crippen LogP) is 0.681. The van der Waals surface area contributed by atoms with E-state index in [1.807, 2.05) is 10.8 Å². The van der Waals surface area contributed by atoms with Gasteiger partial charge in [-0.05, 0) is 31.2 Å². The average Bonchev–Trinajstić information content (AvgIpc) is 3.30. The third kappa shape index (κ3) is 4.44. The molecule has 4 N–H and O–H groups in total. The molecule has 5 rings (SSSR count). The normalized spacial score (nSPS) is 21.4. The fourth-order valence-electron chi connectivity index (χ4n) is 4.74. The Kier molecular flexibility index (Phi) is 6.67. The van der Waals surface area contributed by atoms with Crippen LogP contribution in [0.1, 0.15) is 29.7 Å². The number of nitrogens with one attached hydrogen (secondary N) is 1. The van der Waals surface area contributed by atoms with Crippen molar-refractivity contribution in [3.63, 3.8) is 0 Å². The van der Waals surface area contributed by atoms with Crippen LogP contribution in [-0.2, 0) is 38.6 Å². The van der Waals surface area contributed by atoms with Gasteiger partial charge < -0.3 is 21.0 Å². The lowest BCUT2D eigenvalue weighted by Gasteiger charge is -2.49. The highest BCUT2D eigenvalue weighted by Gasteiger charge is 2.54. The fraction of sp³-hybridized carbons (Fsp3) is 0.391. The standard InChI is InChI=1S/C23H24N6O5S2/c1-34-27-16(15-11-36-23(24)25-15)19(30)26-17-20(31)29-18(22(32)33)14(10-35-21(17)29)9-28-7-6-12-4-2-3-5-13(12)8-28/h6-8,11,17,21H,2-5,9-10H2,1H3,(H3-,24,25,26,30,32,33)/p+1/b27-16-/t17-,21-/m1/s1. The number of carbonyl (C=O) groups excluding carboxylic acids is 2. The first kappa shape index (κ1) is 24.3. The second-order valence-corrected chi connectivity index (χ2v) is 10.7. The van der Waals surface area contributed by atoms with Crippen LogP contribution in [0.15, 0.2) is 40.3 Å². The predicted molar refractivity (Wildman–Crippen MR) is 133 cm³/mol. The molecule has 1 aliphatic carbocycles. The monoisotopic (exact) mass is 529 g/mol. The van der Waals surface area contributed by atoms with E-state index in [0.717, 1.165) is 30.6 Å². The van der Waals surface area contributed by atoms with Crippen LogP contribution in [0.4, 0.5) is 5.13 Å². The summed E-state index contributed by atoms with van der Waals surface area (Å²) in [4.78, 5) is 48.3. The molecule has 0 spiro atoms. The number of nitrogens with two attached hydrogens (primary N) is 1. The molecule has 2 aliphatic heterocycles. The Morgan fingerprint density at radius 1 is 1.36 bits per heavy atom. The van der Waals surface area contributed by atoms with Crippen molar-refractivity contribution < 1.29 is 28.9 Å². The van der Waals surface area contributed by atoms with Crippen molar-refractivity contribution in [2.24, 2.45) is 5.16 Å². The number of thiazole rings is 1. The highest BCUT2D eigenvalue weighted by atomic mass is 32.2. The van der Waals surface area contributed by atoms with Crippen molar-refractivity contribution in [2.75, 3.05) is 18.6 Å². The van der Waals surface area contributed by atoms with Gasteiger partial charge in [-0.2, -0.15) is 0 Å². The first-order valence-corrected chi connectivity index (χ1v) is 13.3. The van der Waals surface area contributed by atoms with E-state index in [4.69, 9.17) is 10.6 Å². The number of β-lactam (4-membered cyclic amide) rings is 1. The number of oxime groups is 1. The Labute approximate surface area is 215 Å². The van der Waals surface area contributed by atoms with Crippen LogP contribution < -0.4 is 15.6 Å². The number of hydrogen-bond acceptors (Lipinski definition) is 9. The van der Waals surface area contributed by atoms with Gasteiger partial charge in [0.2, 0.25) is 0 Å². The molecule has 3 aliphatic rings. The number of carboxylic acid groups (broad SMARTS) is 1. The van der Waals surface area contributed by atoms with Crippen LogP contribution in [0.25, 0.3) is 0 Å². The van der Waals surface area contributed by atoms with E-state index in [1.165, 1.54) is 41.3 Å². The zero-order valence-corrected chi connectivity index (χ0v) is 21.1. The number of pyridine rings is 1. The molecule has 0 radical (unpaired) electrons. The molecule has 36 heavy (non-hydrogen) atoms. The van der Waals surface area contributed by atoms with Crippen molar-refractivity contribution in [1.82, 2.24) is 15.2 Å². The Balaban J connectivity index is 1.34. The Morgan fingerprint density at radius 2 is 2.14 bits per heavy atom. The average molecular weight is 530 g/mol. The maximum absolute atomic E-state index is 13.0. The number of hydrogen-bond donors (Lipinski definition) is 3. The van der Waals surface area contributed by atoms with Gasteiger partial charge in [-0.25, -0.2) is 14.3 Å². The summed E-state index contributed by atoms with van der Waals surface area (Å²) in [6, 6.07) is 1.21. The lowest BCUT2D eigenvalue weighted by molar-refractivity contribution is -0.689. The number of thioether (sulfide) groups is 1. The largest absolute Gasteiger partial charge is 0.477 e. The first-order chi connectivity index (χ1) is 17.4. The van der Waals surface area contributed by atoms with Gasteiger partial charge in [0.05, 0.1) is 0 Å². The summed E-state index contributed by atoms with van der Waals surface area (Å²) in [5, 5.41) is 17.7. The van der Waals surface area contributed by atoms with Gasteiger partial charge in [0.1, 0.15) is 29.9 Å². The number of nitrogen functional groups attached to an aromatic ring is 1. The minimum atomic E-state index is -1.16. The molecule has 0 aromatic carbocycles. The second-order valence-electron chi connectivity index (χ2n) is 8.69. The highest BCUT2D eigenvalue weighted by Crippen LogP contribution is 2.40. The number of carbonyl (C=O) groups is 3. The van der Waals surface area contributed by atoms with Gasteiger partial charge in [0, 0.05) is 28.3 Å².